The molecule has 8 nitrogen and oxygen atoms in total. The molecular formula is C27H34N4O4S2. The molecule has 1 aliphatic rings. The highest BCUT2D eigenvalue weighted by Gasteiger charge is 2.29. The number of esters is 1. The zero-order valence-corrected chi connectivity index (χ0v) is 23.8. The van der Waals surface area contributed by atoms with E-state index in [1.807, 2.05) is 44.4 Å². The van der Waals surface area contributed by atoms with Crippen molar-refractivity contribution in [2.45, 2.75) is 71.7 Å². The minimum atomic E-state index is -0.400. The van der Waals surface area contributed by atoms with Crippen molar-refractivity contribution in [3.05, 3.63) is 51.2 Å². The number of benzene rings is 1. The van der Waals surface area contributed by atoms with Gasteiger partial charge in [0.15, 0.2) is 17.1 Å². The maximum atomic E-state index is 12.9. The molecule has 2 atom stereocenters. The van der Waals surface area contributed by atoms with E-state index in [1.54, 1.807) is 0 Å². The average Bonchev–Trinajstić information content (AvgIpc) is 3.41. The molecule has 0 saturated carbocycles. The van der Waals surface area contributed by atoms with E-state index in [2.05, 4.69) is 28.5 Å². The lowest BCUT2D eigenvalue weighted by Crippen LogP contribution is -2.17. The highest BCUT2D eigenvalue weighted by atomic mass is 32.2. The minimum Gasteiger partial charge on any atom is -0.483 e. The second-order valence-electron chi connectivity index (χ2n) is 9.55. The Labute approximate surface area is 226 Å². The quantitative estimate of drug-likeness (QED) is 0.271. The number of rotatable bonds is 9. The first kappa shape index (κ1) is 27.2. The van der Waals surface area contributed by atoms with Crippen molar-refractivity contribution in [3.8, 4) is 5.75 Å². The van der Waals surface area contributed by atoms with Gasteiger partial charge in [0.2, 0.25) is 5.91 Å². The lowest BCUT2D eigenvalue weighted by Gasteiger charge is -2.18. The predicted octanol–water partition coefficient (Wildman–Crippen LogP) is 5.76. The lowest BCUT2D eigenvalue weighted by molar-refractivity contribution is -0.113. The molecule has 0 fully saturated rings. The number of thiophene rings is 1. The summed E-state index contributed by atoms with van der Waals surface area (Å²) < 4.78 is 13.2. The molecule has 1 N–H and O–H groups in total. The summed E-state index contributed by atoms with van der Waals surface area (Å²) >= 11 is 2.80. The minimum absolute atomic E-state index is 0.143. The summed E-state index contributed by atoms with van der Waals surface area (Å²) in [4.78, 5) is 26.6. The van der Waals surface area contributed by atoms with Crippen LogP contribution in [0.3, 0.4) is 0 Å². The Bertz CT molecular complexity index is 1280. The van der Waals surface area contributed by atoms with Gasteiger partial charge in [0.05, 0.1) is 18.4 Å². The van der Waals surface area contributed by atoms with Crippen LogP contribution in [0.2, 0.25) is 0 Å². The summed E-state index contributed by atoms with van der Waals surface area (Å²) in [6.45, 7) is 10.9. The fraction of sp³-hybridized carbons (Fsp3) is 0.481. The van der Waals surface area contributed by atoms with Gasteiger partial charge in [-0.3, -0.25) is 4.79 Å². The number of amides is 1. The van der Waals surface area contributed by atoms with Crippen LogP contribution in [0.15, 0.2) is 23.4 Å². The number of nitrogens with one attached hydrogen (secondary N) is 1. The number of thioether (sulfide) groups is 1. The van der Waals surface area contributed by atoms with E-state index < -0.39 is 5.97 Å². The standard InChI is InChI=1S/C27H34N4O4S2/c1-7-31-24(18(5)35-19-11-16(3)10-17(4)12-19)29-30-27(31)36-14-22(32)28-25-23(26(33)34-6)20-9-8-15(2)13-21(20)37-25/h10-12,15,18H,7-9,13-14H2,1-6H3,(H,28,32). The summed E-state index contributed by atoms with van der Waals surface area (Å²) in [5, 5.41) is 12.9. The summed E-state index contributed by atoms with van der Waals surface area (Å²) in [7, 11) is 1.37. The van der Waals surface area contributed by atoms with Gasteiger partial charge < -0.3 is 19.4 Å². The first-order valence-electron chi connectivity index (χ1n) is 12.5. The molecule has 10 heteroatoms. The van der Waals surface area contributed by atoms with E-state index in [4.69, 9.17) is 9.47 Å². The molecule has 3 aromatic rings. The van der Waals surface area contributed by atoms with Crippen LogP contribution in [0.4, 0.5) is 5.00 Å². The highest BCUT2D eigenvalue weighted by Crippen LogP contribution is 2.40. The zero-order chi connectivity index (χ0) is 26.7. The number of ether oxygens (including phenoxy) is 2. The summed E-state index contributed by atoms with van der Waals surface area (Å²) in [5.74, 6) is 1.60. The van der Waals surface area contributed by atoms with Crippen molar-refractivity contribution in [2.75, 3.05) is 18.2 Å². The van der Waals surface area contributed by atoms with Crippen LogP contribution in [0.25, 0.3) is 0 Å². The number of nitrogens with zero attached hydrogens (tertiary/aromatic N) is 3. The van der Waals surface area contributed by atoms with Gasteiger partial charge in [0.1, 0.15) is 10.8 Å². The zero-order valence-electron chi connectivity index (χ0n) is 22.2. The van der Waals surface area contributed by atoms with Gasteiger partial charge in [-0.15, -0.1) is 21.5 Å². The number of hydrogen-bond acceptors (Lipinski definition) is 8. The first-order valence-corrected chi connectivity index (χ1v) is 14.3. The van der Waals surface area contributed by atoms with E-state index in [0.29, 0.717) is 34.0 Å². The normalized spacial score (nSPS) is 15.7. The van der Waals surface area contributed by atoms with E-state index in [-0.39, 0.29) is 17.8 Å². The van der Waals surface area contributed by atoms with Crippen molar-refractivity contribution in [2.24, 2.45) is 5.92 Å². The molecule has 1 aromatic carbocycles. The Kier molecular flexibility index (Phi) is 8.59. The van der Waals surface area contributed by atoms with E-state index in [9.17, 15) is 9.59 Å². The second-order valence-corrected chi connectivity index (χ2v) is 11.6. The van der Waals surface area contributed by atoms with Gasteiger partial charge in [-0.25, -0.2) is 4.79 Å². The Hall–Kier alpha value is -2.85. The molecular weight excluding hydrogens is 508 g/mol. The number of carbonyl (C=O) groups excluding carboxylic acids is 2. The Morgan fingerprint density at radius 3 is 2.65 bits per heavy atom. The van der Waals surface area contributed by atoms with Crippen molar-refractivity contribution in [1.29, 1.82) is 0 Å². The van der Waals surface area contributed by atoms with Crippen molar-refractivity contribution in [3.63, 3.8) is 0 Å². The molecule has 198 valence electrons. The van der Waals surface area contributed by atoms with E-state index in [0.717, 1.165) is 46.6 Å². The number of fused-ring (bicyclic) bond motifs is 1. The Morgan fingerprint density at radius 2 is 1.97 bits per heavy atom. The largest absolute Gasteiger partial charge is 0.483 e. The molecule has 4 rings (SSSR count). The first-order chi connectivity index (χ1) is 17.7. The van der Waals surface area contributed by atoms with Gasteiger partial charge >= 0.3 is 5.97 Å². The van der Waals surface area contributed by atoms with Crippen LogP contribution in [0.1, 0.15) is 71.0 Å². The Balaban J connectivity index is 1.44. The van der Waals surface area contributed by atoms with Crippen LogP contribution in [-0.2, 0) is 28.9 Å². The molecule has 1 amide bonds. The summed E-state index contributed by atoms with van der Waals surface area (Å²) in [6.07, 6.45) is 2.46. The molecule has 0 spiro atoms. The van der Waals surface area contributed by atoms with Crippen LogP contribution < -0.4 is 10.1 Å². The van der Waals surface area contributed by atoms with Crippen LogP contribution in [0, 0.1) is 19.8 Å². The summed E-state index contributed by atoms with van der Waals surface area (Å²) in [6, 6.07) is 6.11. The molecule has 2 heterocycles. The molecule has 0 radical (unpaired) electrons. The number of anilines is 1. The highest BCUT2D eigenvalue weighted by molar-refractivity contribution is 7.99. The number of hydrogen-bond donors (Lipinski definition) is 1. The monoisotopic (exact) mass is 542 g/mol. The van der Waals surface area contributed by atoms with Gasteiger partial charge in [0, 0.05) is 11.4 Å². The van der Waals surface area contributed by atoms with Gasteiger partial charge in [-0.05, 0) is 81.7 Å². The van der Waals surface area contributed by atoms with Gasteiger partial charge in [-0.2, -0.15) is 0 Å². The smallest absolute Gasteiger partial charge is 0.341 e. The molecule has 0 aliphatic heterocycles. The Morgan fingerprint density at radius 1 is 1.24 bits per heavy atom. The third-order valence-electron chi connectivity index (χ3n) is 6.42. The summed E-state index contributed by atoms with van der Waals surface area (Å²) in [5.41, 5.74) is 3.80. The number of carbonyl (C=O) groups is 2. The lowest BCUT2D eigenvalue weighted by atomic mass is 9.88. The second kappa shape index (κ2) is 11.7. The van der Waals surface area contributed by atoms with Crippen molar-refractivity contribution >= 4 is 40.0 Å². The SMILES string of the molecule is CCn1c(SCC(=O)Nc2sc3c(c2C(=O)OC)CCC(C)C3)nnc1C(C)Oc1cc(C)cc(C)c1. The van der Waals surface area contributed by atoms with Crippen molar-refractivity contribution < 1.29 is 19.1 Å². The third kappa shape index (κ3) is 6.18. The van der Waals surface area contributed by atoms with Crippen LogP contribution in [-0.4, -0.2) is 39.5 Å². The number of methoxy groups -OCH3 is 1. The molecule has 37 heavy (non-hydrogen) atoms. The molecule has 2 aromatic heterocycles. The average molecular weight is 543 g/mol. The maximum absolute atomic E-state index is 12.9. The number of aromatic nitrogens is 3. The molecule has 1 aliphatic carbocycles. The topological polar surface area (TPSA) is 95.3 Å². The number of aryl methyl sites for hydroxylation is 2. The van der Waals surface area contributed by atoms with Crippen LogP contribution in [0.5, 0.6) is 5.75 Å². The fourth-order valence-corrected chi connectivity index (χ4v) is 6.94. The van der Waals surface area contributed by atoms with Gasteiger partial charge in [0.25, 0.3) is 0 Å². The molecule has 0 saturated heterocycles. The van der Waals surface area contributed by atoms with E-state index in [1.165, 1.54) is 30.2 Å². The molecule has 0 bridgehead atoms. The predicted molar refractivity (Wildman–Crippen MR) is 147 cm³/mol. The molecule has 2 unspecified atom stereocenters. The van der Waals surface area contributed by atoms with Crippen molar-refractivity contribution in [1.82, 2.24) is 14.8 Å². The van der Waals surface area contributed by atoms with Crippen LogP contribution >= 0.6 is 23.1 Å². The third-order valence-corrected chi connectivity index (χ3v) is 8.56. The fourth-order valence-electron chi connectivity index (χ4n) is 4.71. The van der Waals surface area contributed by atoms with E-state index >= 15 is 0 Å². The maximum Gasteiger partial charge on any atom is 0.341 e. The van der Waals surface area contributed by atoms with Gasteiger partial charge in [-0.1, -0.05) is 24.8 Å².